The topological polar surface area (TPSA) is 0 Å². The zero-order chi connectivity index (χ0) is 15.1. The lowest BCUT2D eigenvalue weighted by atomic mass is 10.1. The van der Waals surface area contributed by atoms with Gasteiger partial charge in [0.1, 0.15) is 0 Å². The molecule has 1 heteroatoms. The Balaban J connectivity index is -0.000000328. The minimum atomic E-state index is 1.14. The molecule has 0 N–H and O–H groups in total. The van der Waals surface area contributed by atoms with Gasteiger partial charge < -0.3 is 0 Å². The Kier molecular flexibility index (Phi) is 20.4. The normalized spacial score (nSPS) is 7.61. The van der Waals surface area contributed by atoms with Crippen molar-refractivity contribution < 1.29 is 0 Å². The molecule has 0 aromatic heterocycles. The van der Waals surface area contributed by atoms with Crippen molar-refractivity contribution in [1.82, 2.24) is 0 Å². The first-order valence-corrected chi connectivity index (χ1v) is 8.18. The van der Waals surface area contributed by atoms with Gasteiger partial charge in [0.25, 0.3) is 0 Å². The third-order valence-corrected chi connectivity index (χ3v) is 2.59. The Hall–Kier alpha value is -0.690. The van der Waals surface area contributed by atoms with Gasteiger partial charge in [-0.25, -0.2) is 0 Å². The molecular formula is C17H32S. The third-order valence-electron chi connectivity index (χ3n) is 1.82. The Labute approximate surface area is 120 Å². The first-order chi connectivity index (χ1) is 8.65. The number of allylic oxidation sites excluding steroid dienone is 1. The Morgan fingerprint density at radius 1 is 1.00 bits per heavy atom. The van der Waals surface area contributed by atoms with E-state index in [1.807, 2.05) is 48.5 Å². The smallest absolute Gasteiger partial charge is 0.0147 e. The molecule has 1 rings (SSSR count). The minimum Gasteiger partial charge on any atom is -0.129 e. The van der Waals surface area contributed by atoms with Crippen LogP contribution in [0.5, 0.6) is 0 Å². The molecule has 106 valence electrons. The second-order valence-electron chi connectivity index (χ2n) is 2.98. The van der Waals surface area contributed by atoms with Crippen LogP contribution in [-0.2, 0) is 0 Å². The summed E-state index contributed by atoms with van der Waals surface area (Å²) in [4.78, 5) is 1.32. The number of thioether (sulfide) groups is 1. The molecule has 1 aromatic rings. The Morgan fingerprint density at radius 3 is 1.78 bits per heavy atom. The largest absolute Gasteiger partial charge is 0.129 e. The molecule has 0 aliphatic rings. The van der Waals surface area contributed by atoms with Crippen LogP contribution in [0.2, 0.25) is 0 Å². The highest BCUT2D eigenvalue weighted by Gasteiger charge is 2.00. The van der Waals surface area contributed by atoms with Gasteiger partial charge >= 0.3 is 0 Å². The van der Waals surface area contributed by atoms with Crippen LogP contribution in [0, 0.1) is 6.92 Å². The van der Waals surface area contributed by atoms with Gasteiger partial charge in [-0.3, -0.25) is 0 Å². The van der Waals surface area contributed by atoms with Crippen LogP contribution in [0.3, 0.4) is 0 Å². The van der Waals surface area contributed by atoms with Gasteiger partial charge in [-0.05, 0) is 42.9 Å². The summed E-state index contributed by atoms with van der Waals surface area (Å²) in [5, 5.41) is 0. The molecule has 0 aliphatic carbocycles. The summed E-state index contributed by atoms with van der Waals surface area (Å²) in [7, 11) is 0. The Morgan fingerprint density at radius 2 is 1.44 bits per heavy atom. The number of benzene rings is 1. The molecular weight excluding hydrogens is 236 g/mol. The van der Waals surface area contributed by atoms with Crippen molar-refractivity contribution in [3.63, 3.8) is 0 Å². The van der Waals surface area contributed by atoms with Crippen LogP contribution in [-0.4, -0.2) is 6.26 Å². The molecule has 0 unspecified atom stereocenters. The van der Waals surface area contributed by atoms with Crippen LogP contribution < -0.4 is 0 Å². The fraction of sp³-hybridized carbons (Fsp3) is 0.529. The van der Waals surface area contributed by atoms with Crippen molar-refractivity contribution in [3.05, 3.63) is 35.9 Å². The van der Waals surface area contributed by atoms with Crippen molar-refractivity contribution in [3.8, 4) is 0 Å². The fourth-order valence-electron chi connectivity index (χ4n) is 1.15. The summed E-state index contributed by atoms with van der Waals surface area (Å²) in [5.41, 5.74) is 3.72. The third kappa shape index (κ3) is 9.35. The molecule has 0 atom stereocenters. The first-order valence-electron chi connectivity index (χ1n) is 6.95. The van der Waals surface area contributed by atoms with Crippen LogP contribution in [0.4, 0.5) is 0 Å². The summed E-state index contributed by atoms with van der Waals surface area (Å²) >= 11 is 1.78. The maximum atomic E-state index is 3.95. The van der Waals surface area contributed by atoms with Gasteiger partial charge in [0.15, 0.2) is 0 Å². The molecule has 0 saturated heterocycles. The molecule has 0 amide bonds. The highest BCUT2D eigenvalue weighted by Crippen LogP contribution is 2.26. The van der Waals surface area contributed by atoms with Crippen molar-refractivity contribution in [2.24, 2.45) is 0 Å². The van der Waals surface area contributed by atoms with Crippen molar-refractivity contribution in [2.75, 3.05) is 6.26 Å². The van der Waals surface area contributed by atoms with Crippen molar-refractivity contribution >= 4 is 17.3 Å². The van der Waals surface area contributed by atoms with Crippen LogP contribution in [0.15, 0.2) is 29.7 Å². The maximum absolute atomic E-state index is 3.95. The lowest BCUT2D eigenvalue weighted by Gasteiger charge is -2.07. The molecule has 0 aliphatic heterocycles. The summed E-state index contributed by atoms with van der Waals surface area (Å²) in [6.45, 7) is 20.1. The van der Waals surface area contributed by atoms with E-state index in [-0.39, 0.29) is 0 Å². The average molecular weight is 269 g/mol. The fourth-order valence-corrected chi connectivity index (χ4v) is 1.92. The van der Waals surface area contributed by atoms with Gasteiger partial charge in [0, 0.05) is 4.90 Å². The molecule has 18 heavy (non-hydrogen) atoms. The van der Waals surface area contributed by atoms with E-state index in [9.17, 15) is 0 Å². The summed E-state index contributed by atoms with van der Waals surface area (Å²) < 4.78 is 0. The minimum absolute atomic E-state index is 1.14. The second-order valence-corrected chi connectivity index (χ2v) is 3.83. The van der Waals surface area contributed by atoms with E-state index in [0.717, 1.165) is 5.57 Å². The van der Waals surface area contributed by atoms with E-state index in [0.29, 0.717) is 0 Å². The lowest BCUT2D eigenvalue weighted by Crippen LogP contribution is -1.84. The van der Waals surface area contributed by atoms with E-state index in [4.69, 9.17) is 0 Å². The maximum Gasteiger partial charge on any atom is 0.0147 e. The van der Waals surface area contributed by atoms with E-state index in [2.05, 4.69) is 38.0 Å². The Bertz CT molecular complexity index is 300. The zero-order valence-electron chi connectivity index (χ0n) is 13.8. The summed E-state index contributed by atoms with van der Waals surface area (Å²) in [6, 6.07) is 6.47. The van der Waals surface area contributed by atoms with Gasteiger partial charge in [-0.15, -0.1) is 11.8 Å². The van der Waals surface area contributed by atoms with E-state index in [1.54, 1.807) is 11.8 Å². The molecule has 1 aromatic carbocycles. The predicted molar refractivity (Wildman–Crippen MR) is 91.7 cm³/mol. The summed E-state index contributed by atoms with van der Waals surface area (Å²) in [6.07, 6.45) is 2.10. The number of hydrogen-bond donors (Lipinski definition) is 0. The van der Waals surface area contributed by atoms with Crippen LogP contribution in [0.25, 0.3) is 5.57 Å². The van der Waals surface area contributed by atoms with E-state index < -0.39 is 0 Å². The molecule has 0 radical (unpaired) electrons. The molecule has 0 heterocycles. The summed E-state index contributed by atoms with van der Waals surface area (Å²) in [5.74, 6) is 0. The van der Waals surface area contributed by atoms with Crippen LogP contribution >= 0.6 is 11.8 Å². The van der Waals surface area contributed by atoms with E-state index in [1.165, 1.54) is 16.0 Å². The van der Waals surface area contributed by atoms with Crippen molar-refractivity contribution in [1.29, 1.82) is 0 Å². The highest BCUT2D eigenvalue weighted by molar-refractivity contribution is 7.98. The van der Waals surface area contributed by atoms with E-state index >= 15 is 0 Å². The monoisotopic (exact) mass is 268 g/mol. The quantitative estimate of drug-likeness (QED) is 0.530. The second kappa shape index (κ2) is 16.3. The molecule has 0 spiro atoms. The van der Waals surface area contributed by atoms with Gasteiger partial charge in [-0.2, -0.15) is 0 Å². The lowest BCUT2D eigenvalue weighted by molar-refractivity contribution is 1.32. The molecule has 0 fully saturated rings. The predicted octanol–water partition coefficient (Wildman–Crippen LogP) is 6.83. The average Bonchev–Trinajstić information content (AvgIpc) is 2.45. The zero-order valence-corrected chi connectivity index (χ0v) is 14.7. The molecule has 0 bridgehead atoms. The van der Waals surface area contributed by atoms with Crippen LogP contribution in [0.1, 0.15) is 59.6 Å². The molecule has 0 saturated carbocycles. The van der Waals surface area contributed by atoms with Gasteiger partial charge in [0.2, 0.25) is 0 Å². The number of hydrogen-bond acceptors (Lipinski definition) is 1. The van der Waals surface area contributed by atoms with Crippen molar-refractivity contribution in [2.45, 2.75) is 60.3 Å². The SMILES string of the molecule is C=C(C)c1ccc(C)cc1SC.CC.CC.CC. The highest BCUT2D eigenvalue weighted by atomic mass is 32.2. The number of aryl methyl sites for hydroxylation is 1. The van der Waals surface area contributed by atoms with Gasteiger partial charge in [0.05, 0.1) is 0 Å². The first kappa shape index (κ1) is 22.5. The standard InChI is InChI=1S/C11H14S.3C2H6/c1-8(2)10-6-5-9(3)7-11(10)12-4;3*1-2/h5-7H,1H2,2-4H3;3*1-2H3. The van der Waals surface area contributed by atoms with Gasteiger partial charge in [-0.1, -0.05) is 60.3 Å². The number of rotatable bonds is 2. The molecule has 0 nitrogen and oxygen atoms in total.